The zero-order valence-corrected chi connectivity index (χ0v) is 17.4. The first-order chi connectivity index (χ1) is 13.3. The largest absolute Gasteiger partial charge is 0.469 e. The van der Waals surface area contributed by atoms with Gasteiger partial charge in [-0.1, -0.05) is 37.3 Å². The summed E-state index contributed by atoms with van der Waals surface area (Å²) >= 11 is 0. The average Bonchev–Trinajstić information content (AvgIpc) is 2.64. The lowest BCUT2D eigenvalue weighted by Crippen LogP contribution is -2.52. The summed E-state index contributed by atoms with van der Waals surface area (Å²) < 4.78 is 37.3. The zero-order valence-electron chi connectivity index (χ0n) is 17.4. The molecule has 0 bridgehead atoms. The summed E-state index contributed by atoms with van der Waals surface area (Å²) in [6.45, 7) is 7.01. The Labute approximate surface area is 169 Å². The maximum absolute atomic E-state index is 13.8. The third kappa shape index (κ3) is 6.44. The van der Waals surface area contributed by atoms with Crippen LogP contribution >= 0.6 is 0 Å². The van der Waals surface area contributed by atoms with Gasteiger partial charge in [-0.3, -0.25) is 14.6 Å². The second kappa shape index (κ2) is 9.71. The summed E-state index contributed by atoms with van der Waals surface area (Å²) in [6, 6.07) is 8.54. The minimum Gasteiger partial charge on any atom is -0.469 e. The van der Waals surface area contributed by atoms with E-state index in [9.17, 15) is 23.2 Å². The minimum atomic E-state index is -3.20. The fourth-order valence-corrected chi connectivity index (χ4v) is 2.55. The van der Waals surface area contributed by atoms with Gasteiger partial charge in [0.05, 0.1) is 18.9 Å². The van der Waals surface area contributed by atoms with E-state index in [4.69, 9.17) is 4.74 Å². The summed E-state index contributed by atoms with van der Waals surface area (Å²) in [4.78, 5) is 41.8. The number of nitrogens with zero attached hydrogens (tertiary/aromatic N) is 1. The van der Waals surface area contributed by atoms with Crippen LogP contribution in [-0.4, -0.2) is 48.6 Å². The van der Waals surface area contributed by atoms with E-state index >= 15 is 0 Å². The van der Waals surface area contributed by atoms with Crippen LogP contribution in [0.3, 0.4) is 0 Å². The zero-order chi connectivity index (χ0) is 22.4. The molecule has 3 unspecified atom stereocenters. The molecule has 3 atom stereocenters. The maximum Gasteiger partial charge on any atom is 0.342 e. The van der Waals surface area contributed by atoms with Gasteiger partial charge in [-0.25, -0.2) is 13.6 Å². The third-order valence-electron chi connectivity index (χ3n) is 4.23. The van der Waals surface area contributed by atoms with Crippen molar-refractivity contribution in [2.24, 2.45) is 16.8 Å². The van der Waals surface area contributed by atoms with Crippen LogP contribution in [-0.2, 0) is 23.9 Å². The topological polar surface area (TPSA) is 82.0 Å². The molecule has 0 heterocycles. The Morgan fingerprint density at radius 1 is 1.07 bits per heavy atom. The van der Waals surface area contributed by atoms with Crippen LogP contribution in [0.25, 0.3) is 0 Å². The van der Waals surface area contributed by atoms with E-state index in [0.717, 1.165) is 21.0 Å². The molecule has 0 aromatic heterocycles. The number of rotatable bonds is 8. The lowest BCUT2D eigenvalue weighted by Gasteiger charge is -2.31. The van der Waals surface area contributed by atoms with Gasteiger partial charge in [-0.15, -0.1) is 0 Å². The van der Waals surface area contributed by atoms with Crippen LogP contribution in [0.15, 0.2) is 35.3 Å². The van der Waals surface area contributed by atoms with Crippen molar-refractivity contribution < 1.29 is 32.6 Å². The summed E-state index contributed by atoms with van der Waals surface area (Å²) in [5, 5.41) is 0. The highest BCUT2D eigenvalue weighted by Crippen LogP contribution is 2.30. The quantitative estimate of drug-likeness (QED) is 0.372. The number of aliphatic imine (C=N–C) groups is 1. The second-order valence-corrected chi connectivity index (χ2v) is 7.78. The van der Waals surface area contributed by atoms with Crippen molar-refractivity contribution in [1.82, 2.24) is 0 Å². The van der Waals surface area contributed by atoms with E-state index in [0.29, 0.717) is 5.56 Å². The molecule has 1 aromatic carbocycles. The van der Waals surface area contributed by atoms with Gasteiger partial charge in [0.15, 0.2) is 5.78 Å². The molecule has 0 amide bonds. The Kier molecular flexibility index (Phi) is 8.17. The van der Waals surface area contributed by atoms with Gasteiger partial charge in [-0.2, -0.15) is 0 Å². The SMILES string of the molecule is COC(=O)C(C)C(C(=O)C(C)(N=Cc1ccccc1)C(=O)OC(C)(C)C)C(F)F. The highest BCUT2D eigenvalue weighted by atomic mass is 19.3. The highest BCUT2D eigenvalue weighted by molar-refractivity contribution is 6.11. The predicted molar refractivity (Wildman–Crippen MR) is 104 cm³/mol. The van der Waals surface area contributed by atoms with Gasteiger partial charge >= 0.3 is 11.9 Å². The molecule has 0 fully saturated rings. The summed E-state index contributed by atoms with van der Waals surface area (Å²) in [7, 11) is 1.03. The number of hydrogen-bond acceptors (Lipinski definition) is 6. The van der Waals surface area contributed by atoms with Crippen LogP contribution in [0.5, 0.6) is 0 Å². The van der Waals surface area contributed by atoms with E-state index in [1.54, 1.807) is 51.1 Å². The van der Waals surface area contributed by atoms with E-state index in [2.05, 4.69) is 9.73 Å². The number of esters is 2. The van der Waals surface area contributed by atoms with E-state index in [1.807, 2.05) is 0 Å². The second-order valence-electron chi connectivity index (χ2n) is 7.78. The van der Waals surface area contributed by atoms with Crippen LogP contribution < -0.4 is 0 Å². The van der Waals surface area contributed by atoms with Gasteiger partial charge in [0, 0.05) is 6.21 Å². The number of methoxy groups -OCH3 is 1. The molecule has 0 saturated carbocycles. The molecule has 0 spiro atoms. The molecule has 0 aliphatic heterocycles. The van der Waals surface area contributed by atoms with Crippen LogP contribution in [0, 0.1) is 11.8 Å². The smallest absolute Gasteiger partial charge is 0.342 e. The fraction of sp³-hybridized carbons (Fsp3) is 0.524. The molecule has 6 nitrogen and oxygen atoms in total. The molecule has 29 heavy (non-hydrogen) atoms. The number of carbonyl (C=O) groups is 3. The number of ketones is 1. The maximum atomic E-state index is 13.8. The lowest BCUT2D eigenvalue weighted by molar-refractivity contribution is -0.167. The number of alkyl halides is 2. The summed E-state index contributed by atoms with van der Waals surface area (Å²) in [5.41, 5.74) is -2.69. The normalized spacial score (nSPS) is 16.2. The number of ether oxygens (including phenoxy) is 2. The molecule has 0 N–H and O–H groups in total. The highest BCUT2D eigenvalue weighted by Gasteiger charge is 2.52. The Balaban J connectivity index is 3.44. The van der Waals surface area contributed by atoms with Crippen molar-refractivity contribution in [2.45, 2.75) is 52.2 Å². The monoisotopic (exact) mass is 411 g/mol. The van der Waals surface area contributed by atoms with Gasteiger partial charge < -0.3 is 9.47 Å². The molecule has 0 aliphatic carbocycles. The number of Topliss-reactive ketones (excluding diaryl/α,β-unsaturated/α-hetero) is 1. The van der Waals surface area contributed by atoms with E-state index < -0.39 is 47.1 Å². The Hall–Kier alpha value is -2.64. The molecule has 0 aliphatic rings. The molecular formula is C21H27F2NO5. The van der Waals surface area contributed by atoms with Gasteiger partial charge in [0.25, 0.3) is 0 Å². The van der Waals surface area contributed by atoms with Gasteiger partial charge in [0.2, 0.25) is 12.0 Å². The first-order valence-electron chi connectivity index (χ1n) is 9.07. The van der Waals surface area contributed by atoms with Crippen LogP contribution in [0.1, 0.15) is 40.2 Å². The predicted octanol–water partition coefficient (Wildman–Crippen LogP) is 3.47. The van der Waals surface area contributed by atoms with Crippen molar-refractivity contribution in [1.29, 1.82) is 0 Å². The number of halogens is 2. The average molecular weight is 411 g/mol. The van der Waals surface area contributed by atoms with Crippen LogP contribution in [0.2, 0.25) is 0 Å². The first kappa shape index (κ1) is 24.4. The van der Waals surface area contributed by atoms with Gasteiger partial charge in [0.1, 0.15) is 5.60 Å². The van der Waals surface area contributed by atoms with Crippen molar-refractivity contribution in [3.05, 3.63) is 35.9 Å². The molecule has 8 heteroatoms. The third-order valence-corrected chi connectivity index (χ3v) is 4.23. The fourth-order valence-electron chi connectivity index (χ4n) is 2.55. The summed E-state index contributed by atoms with van der Waals surface area (Å²) in [6.07, 6.45) is -1.96. The van der Waals surface area contributed by atoms with Gasteiger partial charge in [-0.05, 0) is 33.3 Å². The Morgan fingerprint density at radius 3 is 2.07 bits per heavy atom. The molecule has 1 aromatic rings. The molecular weight excluding hydrogens is 384 g/mol. The molecule has 1 rings (SSSR count). The van der Waals surface area contributed by atoms with Crippen molar-refractivity contribution in [3.63, 3.8) is 0 Å². The number of benzene rings is 1. The van der Waals surface area contributed by atoms with Crippen LogP contribution in [0.4, 0.5) is 8.78 Å². The van der Waals surface area contributed by atoms with Crippen molar-refractivity contribution in [3.8, 4) is 0 Å². The number of hydrogen-bond donors (Lipinski definition) is 0. The van der Waals surface area contributed by atoms with E-state index in [-0.39, 0.29) is 0 Å². The Bertz CT molecular complexity index is 758. The van der Waals surface area contributed by atoms with Crippen molar-refractivity contribution >= 4 is 23.9 Å². The Morgan fingerprint density at radius 2 is 1.62 bits per heavy atom. The lowest BCUT2D eigenvalue weighted by atomic mass is 9.80. The molecule has 0 radical (unpaired) electrons. The number of carbonyl (C=O) groups excluding carboxylic acids is 3. The molecule has 160 valence electrons. The minimum absolute atomic E-state index is 0.560. The first-order valence-corrected chi connectivity index (χ1v) is 9.07. The van der Waals surface area contributed by atoms with E-state index in [1.165, 1.54) is 6.21 Å². The van der Waals surface area contributed by atoms with Crippen molar-refractivity contribution in [2.75, 3.05) is 7.11 Å². The summed E-state index contributed by atoms with van der Waals surface area (Å²) in [5.74, 6) is -6.84. The standard InChI is InChI=1S/C21H27F2NO5/c1-13(18(26)28-6)15(17(22)23)16(25)21(5,19(27)29-20(2,3)4)24-12-14-10-8-7-9-11-14/h7-13,15,17H,1-6H3. The molecule has 0 saturated heterocycles.